The number of imide groups is 1. The van der Waals surface area contributed by atoms with E-state index in [1.54, 1.807) is 24.3 Å². The molecular weight excluding hydrogens is 432 g/mol. The molecule has 1 unspecified atom stereocenters. The van der Waals surface area contributed by atoms with Gasteiger partial charge < -0.3 is 15.5 Å². The molecule has 1 saturated heterocycles. The number of fused-ring (bicyclic) bond motifs is 1. The zero-order chi connectivity index (χ0) is 22.9. The van der Waals surface area contributed by atoms with Crippen LogP contribution in [0.4, 0.5) is 10.5 Å². The molecule has 0 bridgehead atoms. The number of amides is 5. The van der Waals surface area contributed by atoms with E-state index in [1.807, 2.05) is 24.3 Å². The highest BCUT2D eigenvalue weighted by molar-refractivity contribution is 6.33. The Morgan fingerprint density at radius 3 is 2.56 bits per heavy atom. The Hall–Kier alpha value is -3.39. The number of urea groups is 1. The number of benzene rings is 2. The van der Waals surface area contributed by atoms with Crippen molar-refractivity contribution in [2.75, 3.05) is 25.5 Å². The molecule has 0 aromatic heterocycles. The minimum absolute atomic E-state index is 0.244. The summed E-state index contributed by atoms with van der Waals surface area (Å²) in [6, 6.07) is 14.0. The Kier molecular flexibility index (Phi) is 5.88. The number of aryl methyl sites for hydroxylation is 1. The van der Waals surface area contributed by atoms with Gasteiger partial charge >= 0.3 is 6.03 Å². The second-order valence-corrected chi connectivity index (χ2v) is 8.53. The molecular formula is C23H23ClN4O4. The molecule has 2 aromatic carbocycles. The molecule has 166 valence electrons. The summed E-state index contributed by atoms with van der Waals surface area (Å²) in [6.07, 6.45) is 1.55. The Morgan fingerprint density at radius 2 is 1.81 bits per heavy atom. The summed E-state index contributed by atoms with van der Waals surface area (Å²) in [6.45, 7) is -0.670. The summed E-state index contributed by atoms with van der Waals surface area (Å²) < 4.78 is 0. The third kappa shape index (κ3) is 4.18. The maximum Gasteiger partial charge on any atom is 0.325 e. The molecule has 1 fully saturated rings. The van der Waals surface area contributed by atoms with E-state index in [-0.39, 0.29) is 6.54 Å². The van der Waals surface area contributed by atoms with Crippen LogP contribution in [0.2, 0.25) is 5.02 Å². The monoisotopic (exact) mass is 454 g/mol. The molecule has 1 spiro atoms. The molecule has 1 atom stereocenters. The molecule has 5 amide bonds. The van der Waals surface area contributed by atoms with Crippen molar-refractivity contribution >= 4 is 41.0 Å². The number of halogens is 1. The lowest BCUT2D eigenvalue weighted by Gasteiger charge is -2.32. The van der Waals surface area contributed by atoms with Gasteiger partial charge in [-0.1, -0.05) is 48.0 Å². The van der Waals surface area contributed by atoms with Crippen LogP contribution in [0.5, 0.6) is 0 Å². The van der Waals surface area contributed by atoms with Gasteiger partial charge in [-0.15, -0.1) is 0 Å². The number of likely N-dealkylation sites (N-methyl/N-ethyl adjacent to an activating group) is 1. The van der Waals surface area contributed by atoms with E-state index in [9.17, 15) is 19.2 Å². The standard InChI is InChI=1S/C23H23ClN4O4/c1-27(13-19(29)25-18-9-5-4-8-17(18)24)20(30)14-28-21(31)23(26-22(28)32)11-10-15-6-2-3-7-16(15)12-23/h2-9H,10-14H2,1H3,(H,25,29)(H,26,32). The maximum absolute atomic E-state index is 13.1. The summed E-state index contributed by atoms with van der Waals surface area (Å²) >= 11 is 6.03. The minimum atomic E-state index is -1.02. The molecule has 2 aliphatic rings. The van der Waals surface area contributed by atoms with E-state index in [0.29, 0.717) is 30.0 Å². The number of hydrogen-bond acceptors (Lipinski definition) is 4. The fraction of sp³-hybridized carbons (Fsp3) is 0.304. The smallest absolute Gasteiger partial charge is 0.325 e. The van der Waals surface area contributed by atoms with Crippen LogP contribution in [0.3, 0.4) is 0 Å². The highest BCUT2D eigenvalue weighted by Crippen LogP contribution is 2.33. The second kappa shape index (κ2) is 8.63. The normalized spacial score (nSPS) is 19.5. The first-order valence-corrected chi connectivity index (χ1v) is 10.7. The van der Waals surface area contributed by atoms with Crippen LogP contribution in [0, 0.1) is 0 Å². The van der Waals surface area contributed by atoms with Crippen LogP contribution in [-0.2, 0) is 27.2 Å². The molecule has 1 aliphatic carbocycles. The highest BCUT2D eigenvalue weighted by atomic mass is 35.5. The first-order valence-electron chi connectivity index (χ1n) is 10.3. The van der Waals surface area contributed by atoms with Crippen LogP contribution in [0.15, 0.2) is 48.5 Å². The van der Waals surface area contributed by atoms with E-state index in [0.717, 1.165) is 10.5 Å². The third-order valence-electron chi connectivity index (χ3n) is 5.93. The fourth-order valence-corrected chi connectivity index (χ4v) is 4.34. The number of anilines is 1. The zero-order valence-corrected chi connectivity index (χ0v) is 18.3. The summed E-state index contributed by atoms with van der Waals surface area (Å²) in [5, 5.41) is 5.83. The number of para-hydroxylation sites is 1. The lowest BCUT2D eigenvalue weighted by Crippen LogP contribution is -2.51. The Balaban J connectivity index is 1.38. The maximum atomic E-state index is 13.1. The quantitative estimate of drug-likeness (QED) is 0.677. The first-order chi connectivity index (χ1) is 15.3. The summed E-state index contributed by atoms with van der Waals surface area (Å²) in [4.78, 5) is 52.8. The molecule has 4 rings (SSSR count). The van der Waals surface area contributed by atoms with Gasteiger partial charge in [-0.3, -0.25) is 19.3 Å². The minimum Gasteiger partial charge on any atom is -0.335 e. The van der Waals surface area contributed by atoms with E-state index in [1.165, 1.54) is 17.5 Å². The van der Waals surface area contributed by atoms with Gasteiger partial charge in [0.2, 0.25) is 11.8 Å². The number of nitrogens with one attached hydrogen (secondary N) is 2. The van der Waals surface area contributed by atoms with Crippen molar-refractivity contribution < 1.29 is 19.2 Å². The van der Waals surface area contributed by atoms with Gasteiger partial charge in [-0.2, -0.15) is 0 Å². The lowest BCUT2D eigenvalue weighted by molar-refractivity contribution is -0.139. The fourth-order valence-electron chi connectivity index (χ4n) is 4.16. The van der Waals surface area contributed by atoms with Crippen LogP contribution in [-0.4, -0.2) is 59.2 Å². The number of rotatable bonds is 5. The van der Waals surface area contributed by atoms with Crippen molar-refractivity contribution in [3.63, 3.8) is 0 Å². The van der Waals surface area contributed by atoms with Crippen molar-refractivity contribution in [2.24, 2.45) is 0 Å². The van der Waals surface area contributed by atoms with Crippen LogP contribution in [0.1, 0.15) is 17.5 Å². The van der Waals surface area contributed by atoms with Crippen molar-refractivity contribution in [3.05, 3.63) is 64.7 Å². The van der Waals surface area contributed by atoms with Gasteiger partial charge in [0.25, 0.3) is 5.91 Å². The second-order valence-electron chi connectivity index (χ2n) is 8.13. The van der Waals surface area contributed by atoms with Gasteiger partial charge in [0.05, 0.1) is 17.3 Å². The predicted octanol–water partition coefficient (Wildman–Crippen LogP) is 2.22. The number of carbonyl (C=O) groups is 4. The Morgan fingerprint density at radius 1 is 1.12 bits per heavy atom. The van der Waals surface area contributed by atoms with E-state index in [4.69, 9.17) is 11.6 Å². The molecule has 0 radical (unpaired) electrons. The first kappa shape index (κ1) is 21.8. The largest absolute Gasteiger partial charge is 0.335 e. The summed E-state index contributed by atoms with van der Waals surface area (Å²) in [7, 11) is 1.44. The SMILES string of the molecule is CN(CC(=O)Nc1ccccc1Cl)C(=O)CN1C(=O)NC2(CCc3ccccc3C2)C1=O. The third-order valence-corrected chi connectivity index (χ3v) is 6.26. The van der Waals surface area contributed by atoms with Gasteiger partial charge in [-0.05, 0) is 36.1 Å². The van der Waals surface area contributed by atoms with Gasteiger partial charge in [0.15, 0.2) is 0 Å². The van der Waals surface area contributed by atoms with E-state index < -0.39 is 35.8 Å². The topological polar surface area (TPSA) is 98.8 Å². The zero-order valence-electron chi connectivity index (χ0n) is 17.6. The molecule has 8 nitrogen and oxygen atoms in total. The van der Waals surface area contributed by atoms with Crippen molar-refractivity contribution in [3.8, 4) is 0 Å². The molecule has 0 saturated carbocycles. The van der Waals surface area contributed by atoms with Gasteiger partial charge in [-0.25, -0.2) is 4.79 Å². The average Bonchev–Trinajstić information content (AvgIpc) is 2.99. The van der Waals surface area contributed by atoms with Crippen LogP contribution < -0.4 is 10.6 Å². The van der Waals surface area contributed by atoms with Crippen molar-refractivity contribution in [1.29, 1.82) is 0 Å². The van der Waals surface area contributed by atoms with Gasteiger partial charge in [0.1, 0.15) is 12.1 Å². The van der Waals surface area contributed by atoms with E-state index in [2.05, 4.69) is 10.6 Å². The molecule has 9 heteroatoms. The van der Waals surface area contributed by atoms with Gasteiger partial charge in [0, 0.05) is 13.5 Å². The van der Waals surface area contributed by atoms with Crippen LogP contribution in [0.25, 0.3) is 0 Å². The van der Waals surface area contributed by atoms with Crippen molar-refractivity contribution in [1.82, 2.24) is 15.1 Å². The lowest BCUT2D eigenvalue weighted by atomic mass is 9.78. The highest BCUT2D eigenvalue weighted by Gasteiger charge is 2.52. The number of carbonyl (C=O) groups excluding carboxylic acids is 4. The number of nitrogens with zero attached hydrogens (tertiary/aromatic N) is 2. The van der Waals surface area contributed by atoms with Crippen molar-refractivity contribution in [2.45, 2.75) is 24.8 Å². The van der Waals surface area contributed by atoms with E-state index >= 15 is 0 Å². The molecule has 2 aromatic rings. The van der Waals surface area contributed by atoms with Crippen LogP contribution >= 0.6 is 11.6 Å². The summed E-state index contributed by atoms with van der Waals surface area (Å²) in [5.41, 5.74) is 1.60. The predicted molar refractivity (Wildman–Crippen MR) is 119 cm³/mol. The molecule has 1 aliphatic heterocycles. The molecule has 1 heterocycles. The number of hydrogen-bond donors (Lipinski definition) is 2. The average molecular weight is 455 g/mol. The molecule has 2 N–H and O–H groups in total. The Bertz CT molecular complexity index is 1100. The molecule has 32 heavy (non-hydrogen) atoms. The summed E-state index contributed by atoms with van der Waals surface area (Å²) in [5.74, 6) is -1.36. The Labute approximate surface area is 190 Å².